The van der Waals surface area contributed by atoms with Gasteiger partial charge < -0.3 is 34.8 Å². The van der Waals surface area contributed by atoms with Crippen LogP contribution in [0.15, 0.2) is 0 Å². The highest BCUT2D eigenvalue weighted by molar-refractivity contribution is 5.91. The van der Waals surface area contributed by atoms with E-state index >= 15 is 0 Å². The molecule has 2 atom stereocenters. The van der Waals surface area contributed by atoms with E-state index in [9.17, 15) is 19.2 Å². The zero-order valence-corrected chi connectivity index (χ0v) is 23.8. The number of carbonyl (C=O) groups is 4. The van der Waals surface area contributed by atoms with Crippen molar-refractivity contribution >= 4 is 23.6 Å². The Morgan fingerprint density at radius 3 is 2.32 bits per heavy atom. The van der Waals surface area contributed by atoms with E-state index < -0.39 is 6.04 Å². The van der Waals surface area contributed by atoms with Gasteiger partial charge in [-0.2, -0.15) is 0 Å². The van der Waals surface area contributed by atoms with Crippen molar-refractivity contribution in [2.45, 2.75) is 84.5 Å². The molecule has 0 aromatic heterocycles. The van der Waals surface area contributed by atoms with Crippen molar-refractivity contribution in [1.82, 2.24) is 25.3 Å². The first-order chi connectivity index (χ1) is 18.0. The van der Waals surface area contributed by atoms with Crippen LogP contribution in [-0.4, -0.2) is 122 Å². The number of likely N-dealkylation sites (tertiary alicyclic amines) is 1. The third-order valence-electron chi connectivity index (χ3n) is 7.24. The van der Waals surface area contributed by atoms with Gasteiger partial charge in [0.05, 0.1) is 19.8 Å². The Morgan fingerprint density at radius 2 is 1.66 bits per heavy atom. The molecule has 38 heavy (non-hydrogen) atoms. The normalized spacial score (nSPS) is 25.7. The summed E-state index contributed by atoms with van der Waals surface area (Å²) in [5.41, 5.74) is -0.0916. The van der Waals surface area contributed by atoms with Crippen LogP contribution >= 0.6 is 0 Å². The lowest BCUT2D eigenvalue weighted by atomic mass is 9.91. The summed E-state index contributed by atoms with van der Waals surface area (Å²) in [5, 5.41) is 6.33. The van der Waals surface area contributed by atoms with Crippen molar-refractivity contribution < 1.29 is 28.7 Å². The molecule has 216 valence electrons. The van der Waals surface area contributed by atoms with E-state index in [1.54, 1.807) is 9.80 Å². The molecule has 0 bridgehead atoms. The van der Waals surface area contributed by atoms with Gasteiger partial charge in [-0.15, -0.1) is 0 Å². The highest BCUT2D eigenvalue weighted by Gasteiger charge is 2.43. The summed E-state index contributed by atoms with van der Waals surface area (Å²) in [6, 6.07) is -0.843. The molecule has 0 aromatic carbocycles. The van der Waals surface area contributed by atoms with Crippen LogP contribution in [0.25, 0.3) is 0 Å². The van der Waals surface area contributed by atoms with Crippen molar-refractivity contribution in [1.29, 1.82) is 0 Å². The molecule has 3 fully saturated rings. The minimum atomic E-state index is -0.653. The van der Waals surface area contributed by atoms with Crippen LogP contribution in [0, 0.1) is 5.41 Å². The summed E-state index contributed by atoms with van der Waals surface area (Å²) in [6.07, 6.45) is 2.32. The van der Waals surface area contributed by atoms with Crippen LogP contribution in [0.1, 0.15) is 60.3 Å². The van der Waals surface area contributed by atoms with Gasteiger partial charge in [0.2, 0.25) is 23.6 Å². The first-order valence-electron chi connectivity index (χ1n) is 14.0. The summed E-state index contributed by atoms with van der Waals surface area (Å²) in [5.74, 6) is -0.602. The van der Waals surface area contributed by atoms with Gasteiger partial charge in [0.25, 0.3) is 0 Å². The molecule has 3 aliphatic heterocycles. The van der Waals surface area contributed by atoms with Gasteiger partial charge in [0, 0.05) is 50.7 Å². The maximum Gasteiger partial charge on any atom is 0.249 e. The van der Waals surface area contributed by atoms with Crippen molar-refractivity contribution in [3.05, 3.63) is 0 Å². The number of hydrogen-bond acceptors (Lipinski definition) is 7. The second-order valence-corrected chi connectivity index (χ2v) is 12.1. The molecule has 0 unspecified atom stereocenters. The zero-order chi connectivity index (χ0) is 27.9. The zero-order valence-electron chi connectivity index (χ0n) is 23.8. The number of nitrogens with zero attached hydrogens (tertiary/aromatic N) is 3. The average molecular weight is 538 g/mol. The molecule has 3 saturated heterocycles. The molecule has 3 heterocycles. The lowest BCUT2D eigenvalue weighted by molar-refractivity contribution is -0.149. The Labute approximate surface area is 226 Å². The standard InChI is InChI=1S/C27H47N5O6/c1-19(2)29-21-8-12-31-23(34)17-32(20-6-10-30(11-7-20)22(33)16-27(3,4)5)24(35)18-38-15-14-37-13-9-28-26(36)25(21)31/h19-21,25,29H,6-18H2,1-5H3,(H,28,36)/t21-,25+/m1/s1. The topological polar surface area (TPSA) is 121 Å². The molecule has 3 aliphatic rings. The van der Waals surface area contributed by atoms with Gasteiger partial charge in [-0.25, -0.2) is 0 Å². The summed E-state index contributed by atoms with van der Waals surface area (Å²) < 4.78 is 11.1. The summed E-state index contributed by atoms with van der Waals surface area (Å²) in [7, 11) is 0. The fourth-order valence-corrected chi connectivity index (χ4v) is 5.46. The minimum absolute atomic E-state index is 0.0916. The van der Waals surface area contributed by atoms with Gasteiger partial charge in [0.1, 0.15) is 19.2 Å². The van der Waals surface area contributed by atoms with E-state index in [0.717, 1.165) is 0 Å². The molecule has 4 amide bonds. The Hall–Kier alpha value is -2.24. The van der Waals surface area contributed by atoms with Gasteiger partial charge in [-0.1, -0.05) is 34.6 Å². The van der Waals surface area contributed by atoms with Crippen molar-refractivity contribution in [2.24, 2.45) is 5.41 Å². The number of ether oxygens (including phenoxy) is 2. The van der Waals surface area contributed by atoms with Crippen LogP contribution in [-0.2, 0) is 28.7 Å². The number of nitrogens with one attached hydrogen (secondary N) is 2. The van der Waals surface area contributed by atoms with Crippen LogP contribution < -0.4 is 10.6 Å². The third kappa shape index (κ3) is 8.64. The number of fused-ring (bicyclic) bond motifs is 1. The Kier molecular flexibility index (Phi) is 10.9. The van der Waals surface area contributed by atoms with Crippen molar-refractivity contribution in [3.8, 4) is 0 Å². The largest absolute Gasteiger partial charge is 0.377 e. The smallest absolute Gasteiger partial charge is 0.249 e. The van der Waals surface area contributed by atoms with E-state index in [4.69, 9.17) is 9.47 Å². The minimum Gasteiger partial charge on any atom is -0.377 e. The second kappa shape index (κ2) is 13.7. The molecular formula is C27H47N5O6. The van der Waals surface area contributed by atoms with Crippen molar-refractivity contribution in [3.63, 3.8) is 0 Å². The highest BCUT2D eigenvalue weighted by Crippen LogP contribution is 2.25. The fourth-order valence-electron chi connectivity index (χ4n) is 5.46. The molecule has 11 nitrogen and oxygen atoms in total. The lowest BCUT2D eigenvalue weighted by Crippen LogP contribution is -2.58. The molecule has 2 N–H and O–H groups in total. The number of rotatable bonds is 4. The number of hydrogen-bond donors (Lipinski definition) is 2. The predicted octanol–water partition coefficient (Wildman–Crippen LogP) is 0.373. The quantitative estimate of drug-likeness (QED) is 0.532. The van der Waals surface area contributed by atoms with E-state index in [0.29, 0.717) is 65.1 Å². The molecule has 3 rings (SSSR count). The molecule has 11 heteroatoms. The third-order valence-corrected chi connectivity index (χ3v) is 7.24. The Bertz CT molecular complexity index is 836. The maximum atomic E-state index is 13.6. The molecule has 0 saturated carbocycles. The number of amides is 4. The first kappa shape index (κ1) is 30.3. The summed E-state index contributed by atoms with van der Waals surface area (Å²) >= 11 is 0. The molecular weight excluding hydrogens is 490 g/mol. The Balaban J connectivity index is 1.75. The molecule has 0 aliphatic carbocycles. The average Bonchev–Trinajstić information content (AvgIpc) is 3.25. The summed E-state index contributed by atoms with van der Waals surface area (Å²) in [4.78, 5) is 57.9. The fraction of sp³-hybridized carbons (Fsp3) is 0.852. The van der Waals surface area contributed by atoms with Gasteiger partial charge in [0.15, 0.2) is 0 Å². The number of piperidine rings is 1. The van der Waals surface area contributed by atoms with Gasteiger partial charge >= 0.3 is 0 Å². The monoisotopic (exact) mass is 537 g/mol. The van der Waals surface area contributed by atoms with Crippen LogP contribution in [0.5, 0.6) is 0 Å². The lowest BCUT2D eigenvalue weighted by Gasteiger charge is -2.39. The van der Waals surface area contributed by atoms with Crippen LogP contribution in [0.2, 0.25) is 0 Å². The van der Waals surface area contributed by atoms with E-state index in [2.05, 4.69) is 10.6 Å². The molecule has 0 aromatic rings. The highest BCUT2D eigenvalue weighted by atomic mass is 16.5. The first-order valence-corrected chi connectivity index (χ1v) is 14.0. The van der Waals surface area contributed by atoms with E-state index in [-0.39, 0.29) is 66.9 Å². The Morgan fingerprint density at radius 1 is 0.974 bits per heavy atom. The van der Waals surface area contributed by atoms with Gasteiger partial charge in [-0.3, -0.25) is 19.2 Å². The SMILES string of the molecule is CC(C)N[C@@H]1CCN2C(=O)CN(C3CCN(C(=O)CC(C)(C)C)CC3)C(=O)COCCOCCNC(=O)[C@H]12. The van der Waals surface area contributed by atoms with Crippen molar-refractivity contribution in [2.75, 3.05) is 59.2 Å². The van der Waals surface area contributed by atoms with Crippen LogP contribution in [0.3, 0.4) is 0 Å². The van der Waals surface area contributed by atoms with Crippen LogP contribution in [0.4, 0.5) is 0 Å². The summed E-state index contributed by atoms with van der Waals surface area (Å²) in [6.45, 7) is 12.7. The van der Waals surface area contributed by atoms with E-state index in [1.165, 1.54) is 0 Å². The van der Waals surface area contributed by atoms with Gasteiger partial charge in [-0.05, 0) is 24.7 Å². The molecule has 0 spiro atoms. The predicted molar refractivity (Wildman–Crippen MR) is 142 cm³/mol. The second-order valence-electron chi connectivity index (χ2n) is 12.1. The molecule has 0 radical (unpaired) electrons. The number of carbonyl (C=O) groups excluding carboxylic acids is 4. The van der Waals surface area contributed by atoms with E-state index in [1.807, 2.05) is 39.5 Å². The maximum absolute atomic E-state index is 13.6.